The third-order valence-electron chi connectivity index (χ3n) is 2.67. The van der Waals surface area contributed by atoms with Crippen LogP contribution >= 0.6 is 0 Å². The number of aliphatic hydroxyl groups excluding tert-OH is 1. The number of hydrogen-bond donors (Lipinski definition) is 1. The second-order valence-electron chi connectivity index (χ2n) is 4.39. The molecule has 0 radical (unpaired) electrons. The maximum absolute atomic E-state index is 9.60. The molecule has 0 aliphatic carbocycles. The van der Waals surface area contributed by atoms with Gasteiger partial charge in [0.2, 0.25) is 0 Å². The van der Waals surface area contributed by atoms with Crippen LogP contribution in [0.4, 0.5) is 0 Å². The lowest BCUT2D eigenvalue weighted by molar-refractivity contribution is 0.0164. The molecule has 1 unspecified atom stereocenters. The lowest BCUT2D eigenvalue weighted by Crippen LogP contribution is -2.23. The van der Waals surface area contributed by atoms with E-state index in [0.29, 0.717) is 18.2 Å². The van der Waals surface area contributed by atoms with Crippen molar-refractivity contribution in [1.29, 1.82) is 0 Å². The maximum Gasteiger partial charge on any atom is 0.181 e. The van der Waals surface area contributed by atoms with Crippen LogP contribution in [0.5, 0.6) is 5.75 Å². The largest absolute Gasteiger partial charge is 0.491 e. The van der Waals surface area contributed by atoms with E-state index in [1.54, 1.807) is 11.0 Å². The predicted molar refractivity (Wildman–Crippen MR) is 74.4 cm³/mol. The monoisotopic (exact) mass is 277 g/mol. The van der Waals surface area contributed by atoms with Crippen LogP contribution in [0.1, 0.15) is 6.92 Å². The van der Waals surface area contributed by atoms with Gasteiger partial charge in [-0.15, -0.1) is 0 Å². The maximum atomic E-state index is 9.60. The summed E-state index contributed by atoms with van der Waals surface area (Å²) in [5.41, 5.74) is 0.924. The summed E-state index contributed by atoms with van der Waals surface area (Å²) < 4.78 is 12.3. The van der Waals surface area contributed by atoms with Gasteiger partial charge in [0, 0.05) is 19.2 Å². The number of aryl methyl sites for hydroxylation is 1. The van der Waals surface area contributed by atoms with Crippen molar-refractivity contribution in [2.24, 2.45) is 7.05 Å². The van der Waals surface area contributed by atoms with Crippen molar-refractivity contribution in [3.05, 3.63) is 30.6 Å². The van der Waals surface area contributed by atoms with Gasteiger partial charge in [-0.2, -0.15) is 5.10 Å². The van der Waals surface area contributed by atoms with E-state index in [1.807, 2.05) is 38.2 Å². The highest BCUT2D eigenvalue weighted by atomic mass is 16.5. The molecule has 1 N–H and O–H groups in total. The summed E-state index contributed by atoms with van der Waals surface area (Å²) in [5.74, 6) is 1.37. The average molecular weight is 277 g/mol. The Hall–Kier alpha value is -1.92. The van der Waals surface area contributed by atoms with Crippen molar-refractivity contribution in [2.45, 2.75) is 13.0 Å². The Morgan fingerprint density at radius 2 is 2.00 bits per heavy atom. The van der Waals surface area contributed by atoms with Gasteiger partial charge in [0.1, 0.15) is 24.8 Å². The first kappa shape index (κ1) is 14.5. The average Bonchev–Trinajstić information content (AvgIpc) is 2.90. The third kappa shape index (κ3) is 4.04. The van der Waals surface area contributed by atoms with Gasteiger partial charge in [-0.25, -0.2) is 4.98 Å². The van der Waals surface area contributed by atoms with E-state index >= 15 is 0 Å². The first-order valence-corrected chi connectivity index (χ1v) is 6.53. The minimum absolute atomic E-state index is 0.210. The van der Waals surface area contributed by atoms with Crippen LogP contribution in [0.3, 0.4) is 0 Å². The second-order valence-corrected chi connectivity index (χ2v) is 4.39. The van der Waals surface area contributed by atoms with Crippen LogP contribution in [0.25, 0.3) is 11.4 Å². The van der Waals surface area contributed by atoms with Gasteiger partial charge < -0.3 is 14.6 Å². The summed E-state index contributed by atoms with van der Waals surface area (Å²) in [4.78, 5) is 4.18. The van der Waals surface area contributed by atoms with E-state index in [-0.39, 0.29) is 13.2 Å². The highest BCUT2D eigenvalue weighted by molar-refractivity contribution is 5.55. The van der Waals surface area contributed by atoms with Crippen molar-refractivity contribution in [3.8, 4) is 17.1 Å². The van der Waals surface area contributed by atoms with Crippen molar-refractivity contribution in [1.82, 2.24) is 14.8 Å². The van der Waals surface area contributed by atoms with Crippen LogP contribution in [0, 0.1) is 0 Å². The van der Waals surface area contributed by atoms with E-state index in [9.17, 15) is 5.11 Å². The molecule has 2 aromatic rings. The Kier molecular flexibility index (Phi) is 5.09. The lowest BCUT2D eigenvalue weighted by Gasteiger charge is -2.12. The van der Waals surface area contributed by atoms with Crippen molar-refractivity contribution >= 4 is 0 Å². The molecule has 20 heavy (non-hydrogen) atoms. The molecule has 0 aliphatic heterocycles. The molecular weight excluding hydrogens is 258 g/mol. The first-order chi connectivity index (χ1) is 9.69. The van der Waals surface area contributed by atoms with Gasteiger partial charge in [-0.05, 0) is 31.2 Å². The number of rotatable bonds is 7. The summed E-state index contributed by atoms with van der Waals surface area (Å²) in [6, 6.07) is 7.44. The normalized spacial score (nSPS) is 12.3. The smallest absolute Gasteiger partial charge is 0.181 e. The molecule has 1 atom stereocenters. The number of nitrogens with zero attached hydrogens (tertiary/aromatic N) is 3. The zero-order valence-electron chi connectivity index (χ0n) is 11.7. The zero-order valence-corrected chi connectivity index (χ0v) is 11.7. The van der Waals surface area contributed by atoms with Crippen LogP contribution < -0.4 is 4.74 Å². The Bertz CT molecular complexity index is 525. The van der Waals surface area contributed by atoms with Gasteiger partial charge in [-0.1, -0.05) is 0 Å². The molecule has 1 aromatic heterocycles. The summed E-state index contributed by atoms with van der Waals surface area (Å²) in [7, 11) is 1.83. The molecule has 0 bridgehead atoms. The molecule has 0 fully saturated rings. The van der Waals surface area contributed by atoms with Crippen LogP contribution in [0.2, 0.25) is 0 Å². The van der Waals surface area contributed by atoms with E-state index in [4.69, 9.17) is 9.47 Å². The van der Waals surface area contributed by atoms with E-state index in [1.165, 1.54) is 0 Å². The molecule has 0 spiro atoms. The van der Waals surface area contributed by atoms with E-state index < -0.39 is 6.10 Å². The molecule has 108 valence electrons. The Labute approximate surface area is 118 Å². The zero-order chi connectivity index (χ0) is 14.4. The SMILES string of the molecule is CCOCC(O)COc1ccc(-c2ncn(C)n2)cc1. The quantitative estimate of drug-likeness (QED) is 0.825. The fraction of sp³-hybridized carbons (Fsp3) is 0.429. The Balaban J connectivity index is 1.88. The van der Waals surface area contributed by atoms with E-state index in [2.05, 4.69) is 10.1 Å². The third-order valence-corrected chi connectivity index (χ3v) is 2.67. The summed E-state index contributed by atoms with van der Waals surface area (Å²) in [6.45, 7) is 2.97. The minimum atomic E-state index is -0.618. The fourth-order valence-electron chi connectivity index (χ4n) is 1.67. The Morgan fingerprint density at radius 3 is 2.60 bits per heavy atom. The van der Waals surface area contributed by atoms with Gasteiger partial charge in [0.15, 0.2) is 5.82 Å². The first-order valence-electron chi connectivity index (χ1n) is 6.53. The molecule has 6 heteroatoms. The number of aromatic nitrogens is 3. The predicted octanol–water partition coefficient (Wildman–Crippen LogP) is 1.26. The topological polar surface area (TPSA) is 69.4 Å². The minimum Gasteiger partial charge on any atom is -0.491 e. The molecule has 0 aliphatic rings. The van der Waals surface area contributed by atoms with Crippen molar-refractivity contribution < 1.29 is 14.6 Å². The molecule has 1 heterocycles. The standard InChI is InChI=1S/C14H19N3O3/c1-3-19-8-12(18)9-20-13-6-4-11(5-7-13)14-15-10-17(2)16-14/h4-7,10,12,18H,3,8-9H2,1-2H3. The van der Waals surface area contributed by atoms with Crippen LogP contribution in [0.15, 0.2) is 30.6 Å². The highest BCUT2D eigenvalue weighted by Gasteiger charge is 2.06. The number of hydrogen-bond acceptors (Lipinski definition) is 5. The number of benzene rings is 1. The fourth-order valence-corrected chi connectivity index (χ4v) is 1.67. The number of aliphatic hydroxyl groups is 1. The molecule has 0 amide bonds. The van der Waals surface area contributed by atoms with E-state index in [0.717, 1.165) is 5.56 Å². The summed E-state index contributed by atoms with van der Waals surface area (Å²) >= 11 is 0. The Morgan fingerprint density at radius 1 is 1.25 bits per heavy atom. The molecule has 0 saturated heterocycles. The van der Waals surface area contributed by atoms with Gasteiger partial charge in [0.05, 0.1) is 6.61 Å². The molecule has 6 nitrogen and oxygen atoms in total. The number of ether oxygens (including phenoxy) is 2. The summed E-state index contributed by atoms with van der Waals surface area (Å²) in [5, 5.41) is 13.8. The van der Waals surface area contributed by atoms with Gasteiger partial charge in [0.25, 0.3) is 0 Å². The van der Waals surface area contributed by atoms with Crippen molar-refractivity contribution in [2.75, 3.05) is 19.8 Å². The highest BCUT2D eigenvalue weighted by Crippen LogP contribution is 2.19. The van der Waals surface area contributed by atoms with Gasteiger partial charge in [-0.3, -0.25) is 4.68 Å². The molecule has 2 rings (SSSR count). The molecule has 0 saturated carbocycles. The molecule has 1 aromatic carbocycles. The molecular formula is C14H19N3O3. The lowest BCUT2D eigenvalue weighted by atomic mass is 10.2. The van der Waals surface area contributed by atoms with Crippen LogP contribution in [-0.2, 0) is 11.8 Å². The second kappa shape index (κ2) is 7.02. The van der Waals surface area contributed by atoms with Crippen molar-refractivity contribution in [3.63, 3.8) is 0 Å². The van der Waals surface area contributed by atoms with Gasteiger partial charge >= 0.3 is 0 Å². The summed E-state index contributed by atoms with van der Waals surface area (Å²) in [6.07, 6.45) is 1.04. The van der Waals surface area contributed by atoms with Crippen LogP contribution in [-0.4, -0.2) is 45.8 Å².